The van der Waals surface area contributed by atoms with Crippen molar-refractivity contribution in [3.05, 3.63) is 48.2 Å². The maximum absolute atomic E-state index is 11.0. The van der Waals surface area contributed by atoms with Gasteiger partial charge in [-0.25, -0.2) is 4.98 Å². The summed E-state index contributed by atoms with van der Waals surface area (Å²) in [5.74, 6) is -0.0157. The number of hydrogen-bond donors (Lipinski definition) is 5. The third-order valence-electron chi connectivity index (χ3n) is 6.38. The van der Waals surface area contributed by atoms with Gasteiger partial charge in [-0.1, -0.05) is 18.2 Å². The lowest BCUT2D eigenvalue weighted by atomic mass is 9.95. The van der Waals surface area contributed by atoms with E-state index >= 15 is 0 Å². The fraction of sp³-hybridized carbons (Fsp3) is 0.478. The van der Waals surface area contributed by atoms with E-state index in [0.29, 0.717) is 23.8 Å². The number of benzene rings is 1. The number of ether oxygens (including phenoxy) is 1. The maximum Gasteiger partial charge on any atom is 0.333 e. The van der Waals surface area contributed by atoms with Crippen LogP contribution in [0, 0.1) is 5.92 Å². The van der Waals surface area contributed by atoms with Gasteiger partial charge in [0.25, 0.3) is 0 Å². The van der Waals surface area contributed by atoms with Crippen molar-refractivity contribution in [2.24, 2.45) is 5.92 Å². The summed E-state index contributed by atoms with van der Waals surface area (Å²) in [7, 11) is -4.39. The highest BCUT2D eigenvalue weighted by Gasteiger charge is 2.42. The topological polar surface area (TPSA) is 158 Å². The summed E-state index contributed by atoms with van der Waals surface area (Å²) in [5, 5.41) is 28.8. The molecule has 4 rings (SSSR count). The summed E-state index contributed by atoms with van der Waals surface area (Å²) in [5.41, 5.74) is 2.78. The van der Waals surface area contributed by atoms with Crippen LogP contribution in [0.15, 0.2) is 42.6 Å². The number of rotatable bonds is 9. The van der Waals surface area contributed by atoms with Gasteiger partial charge >= 0.3 is 10.3 Å². The molecule has 1 aromatic carbocycles. The van der Waals surface area contributed by atoms with E-state index < -0.39 is 40.1 Å². The van der Waals surface area contributed by atoms with Gasteiger partial charge < -0.3 is 20.3 Å². The standard InChI is InChI=1S/C23H31N5O6S/c1-4-34-23(2,3)16-7-5-6-14(10-16)17-12-20-24-9-8-19(28(20)27-17)26-18-11-15(21(29)22(18)30)13-25-35(31,32)33/h5-10,12,15,18,21-22,25-26,29-30H,4,11,13H2,1-3H3,(H,31,32,33)/t15-,18-,21-,22+/m1/s1. The second kappa shape index (κ2) is 9.80. The molecule has 190 valence electrons. The van der Waals surface area contributed by atoms with Crippen molar-refractivity contribution in [3.63, 3.8) is 0 Å². The predicted molar refractivity (Wildman–Crippen MR) is 130 cm³/mol. The van der Waals surface area contributed by atoms with Crippen molar-refractivity contribution in [2.45, 2.75) is 51.0 Å². The van der Waals surface area contributed by atoms with Crippen LogP contribution in [0.25, 0.3) is 16.9 Å². The highest BCUT2D eigenvalue weighted by molar-refractivity contribution is 7.83. The third-order valence-corrected chi connectivity index (χ3v) is 6.91. The molecule has 1 saturated carbocycles. The Kier molecular flexibility index (Phi) is 7.13. The maximum atomic E-state index is 11.0. The van der Waals surface area contributed by atoms with Gasteiger partial charge in [0.05, 0.1) is 23.4 Å². The largest absolute Gasteiger partial charge is 0.390 e. The number of fused-ring (bicyclic) bond motifs is 1. The van der Waals surface area contributed by atoms with E-state index in [1.54, 1.807) is 16.8 Å². The number of aliphatic hydroxyl groups is 2. The van der Waals surface area contributed by atoms with Crippen LogP contribution in [0.2, 0.25) is 0 Å². The van der Waals surface area contributed by atoms with Gasteiger partial charge in [0.15, 0.2) is 5.65 Å². The highest BCUT2D eigenvalue weighted by Crippen LogP contribution is 2.31. The molecule has 35 heavy (non-hydrogen) atoms. The molecule has 0 bridgehead atoms. The molecule has 1 aliphatic rings. The number of aromatic nitrogens is 3. The molecule has 1 fully saturated rings. The summed E-state index contributed by atoms with van der Waals surface area (Å²) in [6.45, 7) is 6.40. The third kappa shape index (κ3) is 5.63. The van der Waals surface area contributed by atoms with Crippen LogP contribution in [-0.2, 0) is 20.6 Å². The van der Waals surface area contributed by atoms with Gasteiger partial charge in [0.2, 0.25) is 0 Å². The van der Waals surface area contributed by atoms with E-state index in [1.165, 1.54) is 0 Å². The first kappa shape index (κ1) is 25.5. The Morgan fingerprint density at radius 2 is 1.97 bits per heavy atom. The van der Waals surface area contributed by atoms with E-state index in [4.69, 9.17) is 14.4 Å². The van der Waals surface area contributed by atoms with Gasteiger partial charge in [0.1, 0.15) is 11.9 Å². The Morgan fingerprint density at radius 1 is 1.20 bits per heavy atom. The molecule has 1 aliphatic carbocycles. The summed E-state index contributed by atoms with van der Waals surface area (Å²) >= 11 is 0. The molecule has 0 unspecified atom stereocenters. The van der Waals surface area contributed by atoms with Crippen LogP contribution >= 0.6 is 0 Å². The Hall–Kier alpha value is -2.61. The normalized spacial score (nSPS) is 23.1. The number of anilines is 1. The quantitative estimate of drug-likeness (QED) is 0.272. The Bertz CT molecular complexity index is 1290. The fourth-order valence-electron chi connectivity index (χ4n) is 4.52. The van der Waals surface area contributed by atoms with Crippen LogP contribution in [-0.4, -0.2) is 69.2 Å². The molecule has 3 aromatic rings. The van der Waals surface area contributed by atoms with Crippen molar-refractivity contribution in [2.75, 3.05) is 18.5 Å². The summed E-state index contributed by atoms with van der Waals surface area (Å²) < 4.78 is 40.3. The lowest BCUT2D eigenvalue weighted by Crippen LogP contribution is -2.37. The van der Waals surface area contributed by atoms with Crippen LogP contribution < -0.4 is 10.0 Å². The predicted octanol–water partition coefficient (Wildman–Crippen LogP) is 1.58. The first-order valence-electron chi connectivity index (χ1n) is 11.4. The summed E-state index contributed by atoms with van der Waals surface area (Å²) in [6.07, 6.45) is -0.410. The van der Waals surface area contributed by atoms with Gasteiger partial charge in [0, 0.05) is 36.9 Å². The monoisotopic (exact) mass is 505 g/mol. The molecule has 11 nitrogen and oxygen atoms in total. The van der Waals surface area contributed by atoms with Gasteiger partial charge in [-0.05, 0) is 44.9 Å². The SMILES string of the molecule is CCOC(C)(C)c1cccc(-c2cc3nccc(N[C@@H]4C[C@H](CNS(=O)(=O)O)[C@@H](O)[C@H]4O)n3n2)c1. The fourth-order valence-corrected chi connectivity index (χ4v) is 4.94. The zero-order chi connectivity index (χ0) is 25.4. The molecular weight excluding hydrogens is 474 g/mol. The smallest absolute Gasteiger partial charge is 0.333 e. The Balaban J connectivity index is 1.58. The van der Waals surface area contributed by atoms with Gasteiger partial charge in [-0.3, -0.25) is 4.55 Å². The van der Waals surface area contributed by atoms with Crippen LogP contribution in [0.5, 0.6) is 0 Å². The Morgan fingerprint density at radius 3 is 2.69 bits per heavy atom. The number of nitrogens with zero attached hydrogens (tertiary/aromatic N) is 3. The van der Waals surface area contributed by atoms with Crippen LogP contribution in [0.4, 0.5) is 5.82 Å². The molecule has 0 spiro atoms. The minimum absolute atomic E-state index is 0.193. The summed E-state index contributed by atoms with van der Waals surface area (Å²) in [6, 6.07) is 11.0. The van der Waals surface area contributed by atoms with Gasteiger partial charge in [-0.15, -0.1) is 0 Å². The average molecular weight is 506 g/mol. The van der Waals surface area contributed by atoms with Crippen molar-refractivity contribution in [3.8, 4) is 11.3 Å². The molecule has 2 aromatic heterocycles. The average Bonchev–Trinajstić information content (AvgIpc) is 3.35. The van der Waals surface area contributed by atoms with E-state index in [2.05, 4.69) is 10.3 Å². The van der Waals surface area contributed by atoms with Gasteiger partial charge in [-0.2, -0.15) is 22.8 Å². The zero-order valence-corrected chi connectivity index (χ0v) is 20.6. The number of hydrogen-bond acceptors (Lipinski definition) is 8. The molecule has 5 N–H and O–H groups in total. The molecule has 4 atom stereocenters. The summed E-state index contributed by atoms with van der Waals surface area (Å²) in [4.78, 5) is 4.39. The van der Waals surface area contributed by atoms with Crippen molar-refractivity contribution >= 4 is 21.8 Å². The molecular formula is C23H31N5O6S. The van der Waals surface area contributed by atoms with E-state index in [9.17, 15) is 18.6 Å². The van der Waals surface area contributed by atoms with Crippen molar-refractivity contribution in [1.29, 1.82) is 0 Å². The highest BCUT2D eigenvalue weighted by atomic mass is 32.2. The molecule has 0 radical (unpaired) electrons. The molecule has 0 aliphatic heterocycles. The lowest BCUT2D eigenvalue weighted by molar-refractivity contribution is -0.0139. The van der Waals surface area contributed by atoms with E-state index in [-0.39, 0.29) is 13.0 Å². The lowest BCUT2D eigenvalue weighted by Gasteiger charge is -2.25. The van der Waals surface area contributed by atoms with Crippen LogP contribution in [0.3, 0.4) is 0 Å². The number of nitrogens with one attached hydrogen (secondary N) is 2. The van der Waals surface area contributed by atoms with Crippen LogP contribution in [0.1, 0.15) is 32.8 Å². The first-order chi connectivity index (χ1) is 16.5. The van der Waals surface area contributed by atoms with Crippen molar-refractivity contribution < 1.29 is 27.9 Å². The minimum atomic E-state index is -4.39. The minimum Gasteiger partial charge on any atom is -0.390 e. The second-order valence-electron chi connectivity index (χ2n) is 9.21. The molecule has 0 saturated heterocycles. The van der Waals surface area contributed by atoms with Crippen molar-refractivity contribution in [1.82, 2.24) is 19.3 Å². The first-order valence-corrected chi connectivity index (χ1v) is 12.9. The molecule has 12 heteroatoms. The number of aliphatic hydroxyl groups excluding tert-OH is 2. The zero-order valence-electron chi connectivity index (χ0n) is 19.8. The second-order valence-corrected chi connectivity index (χ2v) is 10.4. The van der Waals surface area contributed by atoms with E-state index in [0.717, 1.165) is 11.1 Å². The van der Waals surface area contributed by atoms with E-state index in [1.807, 2.05) is 55.8 Å². The Labute approximate surface area is 204 Å². The molecule has 0 amide bonds. The molecule has 2 heterocycles.